The Hall–Kier alpha value is -3.51. The molecular formula is C28H30ClN5O. The van der Waals surface area contributed by atoms with E-state index in [1.165, 1.54) is 18.5 Å². The van der Waals surface area contributed by atoms with E-state index in [9.17, 15) is 0 Å². The Morgan fingerprint density at radius 3 is 2.57 bits per heavy atom. The zero-order valence-corrected chi connectivity index (χ0v) is 21.4. The molecule has 0 bridgehead atoms. The van der Waals surface area contributed by atoms with E-state index in [-0.39, 0.29) is 0 Å². The molecule has 2 aromatic carbocycles. The first-order valence-corrected chi connectivity index (χ1v) is 12.3. The normalized spacial score (nSPS) is 14.1. The second-order valence-electron chi connectivity index (χ2n) is 8.29. The first-order chi connectivity index (χ1) is 17.0. The van der Waals surface area contributed by atoms with Gasteiger partial charge in [0.1, 0.15) is 17.2 Å². The molecule has 0 radical (unpaired) electrons. The fraction of sp³-hybridized carbons (Fsp3) is 0.286. The molecule has 7 heteroatoms. The van der Waals surface area contributed by atoms with Crippen LogP contribution in [0.5, 0.6) is 5.75 Å². The lowest BCUT2D eigenvalue weighted by molar-refractivity contribution is 0.414. The molecular weight excluding hydrogens is 458 g/mol. The van der Waals surface area contributed by atoms with Crippen LogP contribution >= 0.6 is 11.6 Å². The van der Waals surface area contributed by atoms with E-state index in [4.69, 9.17) is 31.3 Å². The number of unbranched alkanes of at least 4 members (excludes halogenated alkanes) is 1. The molecule has 4 rings (SSSR count). The third-order valence-electron chi connectivity index (χ3n) is 5.89. The Morgan fingerprint density at radius 1 is 1.03 bits per heavy atom. The largest absolute Gasteiger partial charge is 0.496 e. The van der Waals surface area contributed by atoms with Gasteiger partial charge in [-0.1, -0.05) is 31.0 Å². The number of hydrogen-bond acceptors (Lipinski definition) is 5. The van der Waals surface area contributed by atoms with Gasteiger partial charge in [-0.2, -0.15) is 0 Å². The summed E-state index contributed by atoms with van der Waals surface area (Å²) < 4.78 is 5.60. The quantitative estimate of drug-likeness (QED) is 0.339. The van der Waals surface area contributed by atoms with Gasteiger partial charge < -0.3 is 9.64 Å². The SMILES string of the molecule is CCCCN(CC)c1ccc(N=C2N=C(c3ccccn3)N=C2c2cc(Cl)ccc2OC)c(C)c1. The average molecular weight is 488 g/mol. The van der Waals surface area contributed by atoms with E-state index in [2.05, 4.69) is 42.8 Å². The minimum absolute atomic E-state index is 0.500. The highest BCUT2D eigenvalue weighted by atomic mass is 35.5. The molecule has 0 spiro atoms. The lowest BCUT2D eigenvalue weighted by Crippen LogP contribution is -2.23. The third kappa shape index (κ3) is 5.60. The van der Waals surface area contributed by atoms with Crippen molar-refractivity contribution in [1.29, 1.82) is 0 Å². The first kappa shape index (κ1) is 24.6. The van der Waals surface area contributed by atoms with E-state index < -0.39 is 0 Å². The predicted octanol–water partition coefficient (Wildman–Crippen LogP) is 6.66. The fourth-order valence-electron chi connectivity index (χ4n) is 3.96. The minimum Gasteiger partial charge on any atom is -0.496 e. The molecule has 1 aliphatic heterocycles. The number of nitrogens with zero attached hydrogens (tertiary/aromatic N) is 5. The van der Waals surface area contributed by atoms with Crippen molar-refractivity contribution in [3.05, 3.63) is 82.6 Å². The number of hydrogen-bond donors (Lipinski definition) is 0. The van der Waals surface area contributed by atoms with Gasteiger partial charge in [-0.05, 0) is 74.4 Å². The van der Waals surface area contributed by atoms with Gasteiger partial charge in [-0.15, -0.1) is 0 Å². The van der Waals surface area contributed by atoms with E-state index in [0.717, 1.165) is 29.9 Å². The lowest BCUT2D eigenvalue weighted by Gasteiger charge is -2.23. The molecule has 0 N–H and O–H groups in total. The van der Waals surface area contributed by atoms with Crippen molar-refractivity contribution in [2.45, 2.75) is 33.6 Å². The Morgan fingerprint density at radius 2 is 1.89 bits per heavy atom. The number of rotatable bonds is 9. The minimum atomic E-state index is 0.500. The second kappa shape index (κ2) is 11.3. The van der Waals surface area contributed by atoms with E-state index >= 15 is 0 Å². The number of benzene rings is 2. The molecule has 0 aliphatic carbocycles. The topological polar surface area (TPSA) is 62.4 Å². The summed E-state index contributed by atoms with van der Waals surface area (Å²) in [5, 5.41) is 0.585. The maximum Gasteiger partial charge on any atom is 0.181 e. The molecule has 0 unspecified atom stereocenters. The number of aryl methyl sites for hydroxylation is 1. The van der Waals surface area contributed by atoms with Crippen LogP contribution in [0.25, 0.3) is 0 Å². The van der Waals surface area contributed by atoms with Crippen LogP contribution in [0.2, 0.25) is 5.02 Å². The molecule has 1 aromatic heterocycles. The summed E-state index contributed by atoms with van der Waals surface area (Å²) in [6, 6.07) is 17.5. The number of anilines is 1. The van der Waals surface area contributed by atoms with Crippen LogP contribution in [0.15, 0.2) is 75.8 Å². The van der Waals surface area contributed by atoms with Crippen molar-refractivity contribution in [3.8, 4) is 5.75 Å². The van der Waals surface area contributed by atoms with Crippen LogP contribution in [0.1, 0.15) is 43.5 Å². The maximum absolute atomic E-state index is 6.33. The summed E-state index contributed by atoms with van der Waals surface area (Å²) in [6.07, 6.45) is 4.07. The summed E-state index contributed by atoms with van der Waals surface area (Å²) in [6.45, 7) is 8.49. The number of ether oxygens (including phenoxy) is 1. The Balaban J connectivity index is 1.77. The molecule has 6 nitrogen and oxygen atoms in total. The second-order valence-corrected chi connectivity index (χ2v) is 8.73. The highest BCUT2D eigenvalue weighted by Gasteiger charge is 2.25. The molecule has 35 heavy (non-hydrogen) atoms. The number of halogens is 1. The van der Waals surface area contributed by atoms with Crippen LogP contribution in [-0.2, 0) is 0 Å². The van der Waals surface area contributed by atoms with Gasteiger partial charge in [-0.25, -0.2) is 15.0 Å². The fourth-order valence-corrected chi connectivity index (χ4v) is 4.13. The van der Waals surface area contributed by atoms with Crippen molar-refractivity contribution >= 4 is 40.4 Å². The average Bonchev–Trinajstić information content (AvgIpc) is 3.30. The Labute approximate surface area is 212 Å². The van der Waals surface area contributed by atoms with Gasteiger partial charge in [0.25, 0.3) is 0 Å². The predicted molar refractivity (Wildman–Crippen MR) is 146 cm³/mol. The molecule has 0 saturated heterocycles. The van der Waals surface area contributed by atoms with Gasteiger partial charge in [0.05, 0.1) is 12.8 Å². The standard InChI is InChI=1S/C28H30ClN5O/c1-5-7-16-34(6-2)21-12-13-23(19(3)17-21)31-28-26(22-18-20(29)11-14-25(22)35-4)32-27(33-28)24-10-8-9-15-30-24/h8-15,17-18H,5-7,16H2,1-4H3. The van der Waals surface area contributed by atoms with Crippen LogP contribution in [-0.4, -0.2) is 42.6 Å². The van der Waals surface area contributed by atoms with Crippen LogP contribution in [0, 0.1) is 6.92 Å². The molecule has 0 atom stereocenters. The summed E-state index contributed by atoms with van der Waals surface area (Å²) in [7, 11) is 1.63. The van der Waals surface area contributed by atoms with Crippen molar-refractivity contribution in [3.63, 3.8) is 0 Å². The lowest BCUT2D eigenvalue weighted by atomic mass is 10.1. The third-order valence-corrected chi connectivity index (χ3v) is 6.12. The van der Waals surface area contributed by atoms with Crippen molar-refractivity contribution in [1.82, 2.24) is 4.98 Å². The summed E-state index contributed by atoms with van der Waals surface area (Å²) in [4.78, 5) is 21.3. The Kier molecular flexibility index (Phi) is 7.93. The molecule has 1 aliphatic rings. The van der Waals surface area contributed by atoms with E-state index in [1.54, 1.807) is 19.4 Å². The van der Waals surface area contributed by atoms with Gasteiger partial charge in [0, 0.05) is 35.6 Å². The monoisotopic (exact) mass is 487 g/mol. The number of pyridine rings is 1. The molecule has 180 valence electrons. The highest BCUT2D eigenvalue weighted by Crippen LogP contribution is 2.29. The number of aromatic nitrogens is 1. The zero-order chi connectivity index (χ0) is 24.8. The van der Waals surface area contributed by atoms with Crippen LogP contribution < -0.4 is 9.64 Å². The van der Waals surface area contributed by atoms with Crippen LogP contribution in [0.3, 0.4) is 0 Å². The van der Waals surface area contributed by atoms with E-state index in [0.29, 0.717) is 33.8 Å². The van der Waals surface area contributed by atoms with Crippen molar-refractivity contribution in [2.75, 3.05) is 25.1 Å². The summed E-state index contributed by atoms with van der Waals surface area (Å²) >= 11 is 6.33. The van der Waals surface area contributed by atoms with Gasteiger partial charge in [0.15, 0.2) is 11.7 Å². The summed E-state index contributed by atoms with van der Waals surface area (Å²) in [5.41, 5.74) is 5.14. The van der Waals surface area contributed by atoms with Crippen LogP contribution in [0.4, 0.5) is 11.4 Å². The summed E-state index contributed by atoms with van der Waals surface area (Å²) in [5.74, 6) is 1.66. The Bertz CT molecular complexity index is 1280. The molecule has 3 aromatic rings. The van der Waals surface area contributed by atoms with Crippen molar-refractivity contribution in [2.24, 2.45) is 15.0 Å². The number of amidine groups is 2. The van der Waals surface area contributed by atoms with Gasteiger partial charge >= 0.3 is 0 Å². The smallest absolute Gasteiger partial charge is 0.181 e. The molecule has 0 fully saturated rings. The van der Waals surface area contributed by atoms with Crippen molar-refractivity contribution < 1.29 is 4.74 Å². The molecule has 0 saturated carbocycles. The zero-order valence-electron chi connectivity index (χ0n) is 20.6. The maximum atomic E-state index is 6.33. The molecule has 0 amide bonds. The molecule has 2 heterocycles. The number of methoxy groups -OCH3 is 1. The van der Waals surface area contributed by atoms with Gasteiger partial charge in [-0.3, -0.25) is 4.98 Å². The number of aliphatic imine (C=N–C) groups is 3. The van der Waals surface area contributed by atoms with Gasteiger partial charge in [0.2, 0.25) is 0 Å². The highest BCUT2D eigenvalue weighted by molar-refractivity contribution is 6.54. The first-order valence-electron chi connectivity index (χ1n) is 11.9. The van der Waals surface area contributed by atoms with E-state index in [1.807, 2.05) is 36.4 Å².